The average Bonchev–Trinajstić information content (AvgIpc) is 2.82. The fraction of sp³-hybridized carbons (Fsp3) is 0.400. The lowest BCUT2D eigenvalue weighted by Crippen LogP contribution is -2.32. The Hall–Kier alpha value is -1.97. The van der Waals surface area contributed by atoms with Crippen LogP contribution in [0.3, 0.4) is 0 Å². The van der Waals surface area contributed by atoms with Gasteiger partial charge in [-0.3, -0.25) is 0 Å². The van der Waals surface area contributed by atoms with Crippen molar-refractivity contribution in [3.05, 3.63) is 42.0 Å². The van der Waals surface area contributed by atoms with Crippen LogP contribution in [0.5, 0.6) is 0 Å². The van der Waals surface area contributed by atoms with Gasteiger partial charge in [-0.2, -0.15) is 0 Å². The lowest BCUT2D eigenvalue weighted by atomic mass is 10.00. The number of nitrogens with zero attached hydrogens (tertiary/aromatic N) is 3. The summed E-state index contributed by atoms with van der Waals surface area (Å²) < 4.78 is 2.09. The summed E-state index contributed by atoms with van der Waals surface area (Å²) >= 11 is 0. The number of nitrogen functional groups attached to an aromatic ring is 1. The first-order valence-corrected chi connectivity index (χ1v) is 6.84. The molecule has 0 spiro atoms. The number of fused-ring (bicyclic) bond motifs is 1. The van der Waals surface area contributed by atoms with E-state index in [4.69, 9.17) is 5.73 Å². The molecule has 1 aromatic heterocycles. The van der Waals surface area contributed by atoms with Crippen molar-refractivity contribution in [2.45, 2.75) is 19.3 Å². The maximum Gasteiger partial charge on any atom is 0.110 e. The third-order valence-corrected chi connectivity index (χ3v) is 3.91. The Morgan fingerprint density at radius 1 is 1.37 bits per heavy atom. The Morgan fingerprint density at radius 2 is 2.26 bits per heavy atom. The molecule has 0 bridgehead atoms. The fourth-order valence-corrected chi connectivity index (χ4v) is 2.83. The second kappa shape index (κ2) is 4.96. The fourth-order valence-electron chi connectivity index (χ4n) is 2.83. The van der Waals surface area contributed by atoms with Crippen LogP contribution in [0.2, 0.25) is 0 Å². The lowest BCUT2D eigenvalue weighted by molar-refractivity contribution is 0.668. The minimum absolute atomic E-state index is 0.930. The predicted octanol–water partition coefficient (Wildman–Crippen LogP) is 2.00. The molecule has 0 radical (unpaired) electrons. The number of aromatic nitrogens is 2. The molecule has 1 aliphatic heterocycles. The maximum atomic E-state index is 6.08. The first-order valence-electron chi connectivity index (χ1n) is 6.84. The molecule has 0 saturated carbocycles. The molecule has 4 nitrogen and oxygen atoms in total. The topological polar surface area (TPSA) is 47.1 Å². The highest BCUT2D eigenvalue weighted by Crippen LogP contribution is 2.31. The number of hydrogen-bond donors (Lipinski definition) is 1. The van der Waals surface area contributed by atoms with Crippen molar-refractivity contribution in [2.24, 2.45) is 7.05 Å². The third kappa shape index (κ3) is 2.30. The summed E-state index contributed by atoms with van der Waals surface area (Å²) in [5, 5.41) is 0. The predicted molar refractivity (Wildman–Crippen MR) is 78.3 cm³/mol. The van der Waals surface area contributed by atoms with Crippen LogP contribution in [0.25, 0.3) is 0 Å². The van der Waals surface area contributed by atoms with Gasteiger partial charge in [-0.05, 0) is 30.5 Å². The molecule has 0 amide bonds. The van der Waals surface area contributed by atoms with E-state index in [1.165, 1.54) is 17.7 Å². The maximum absolute atomic E-state index is 6.08. The van der Waals surface area contributed by atoms with Gasteiger partial charge in [0.25, 0.3) is 0 Å². The molecule has 2 aromatic rings. The average molecular weight is 256 g/mol. The van der Waals surface area contributed by atoms with E-state index in [-0.39, 0.29) is 0 Å². The summed E-state index contributed by atoms with van der Waals surface area (Å²) in [6, 6.07) is 6.23. The summed E-state index contributed by atoms with van der Waals surface area (Å²) in [6.45, 7) is 2.11. The Labute approximate surface area is 113 Å². The Morgan fingerprint density at radius 3 is 3.05 bits per heavy atom. The second-order valence-electron chi connectivity index (χ2n) is 5.14. The van der Waals surface area contributed by atoms with Crippen LogP contribution >= 0.6 is 0 Å². The molecule has 4 heteroatoms. The van der Waals surface area contributed by atoms with Gasteiger partial charge in [0.05, 0.1) is 0 Å². The monoisotopic (exact) mass is 256 g/mol. The molecule has 0 atom stereocenters. The first-order chi connectivity index (χ1) is 9.25. The van der Waals surface area contributed by atoms with E-state index < -0.39 is 0 Å². The number of rotatable bonds is 3. The zero-order valence-electron chi connectivity index (χ0n) is 11.3. The number of aryl methyl sites for hydroxylation is 1. The molecule has 2 heterocycles. The summed E-state index contributed by atoms with van der Waals surface area (Å²) in [5.74, 6) is 1.14. The molecule has 0 fully saturated rings. The van der Waals surface area contributed by atoms with Crippen LogP contribution in [-0.2, 0) is 19.9 Å². The number of benzene rings is 1. The van der Waals surface area contributed by atoms with E-state index in [0.29, 0.717) is 0 Å². The summed E-state index contributed by atoms with van der Waals surface area (Å²) in [5.41, 5.74) is 9.62. The largest absolute Gasteiger partial charge is 0.398 e. The smallest absolute Gasteiger partial charge is 0.110 e. The zero-order chi connectivity index (χ0) is 13.2. The van der Waals surface area contributed by atoms with Crippen LogP contribution < -0.4 is 10.6 Å². The van der Waals surface area contributed by atoms with Gasteiger partial charge in [0.2, 0.25) is 0 Å². The Kier molecular flexibility index (Phi) is 3.15. The van der Waals surface area contributed by atoms with Crippen molar-refractivity contribution >= 4 is 11.4 Å². The van der Waals surface area contributed by atoms with Crippen LogP contribution in [-0.4, -0.2) is 22.6 Å². The van der Waals surface area contributed by atoms with Crippen molar-refractivity contribution < 1.29 is 0 Å². The van der Waals surface area contributed by atoms with Crippen LogP contribution in [0, 0.1) is 0 Å². The molecular formula is C15H20N4. The van der Waals surface area contributed by atoms with Crippen LogP contribution in [0.4, 0.5) is 11.4 Å². The second-order valence-corrected chi connectivity index (χ2v) is 5.14. The SMILES string of the molecule is Cn1ccnc1CCN1CCCc2c(N)cccc21. The Bertz CT molecular complexity index is 573. The number of anilines is 2. The molecule has 0 unspecified atom stereocenters. The highest BCUT2D eigenvalue weighted by Gasteiger charge is 2.18. The molecule has 0 saturated heterocycles. The molecule has 1 aliphatic rings. The Balaban J connectivity index is 1.77. The molecule has 19 heavy (non-hydrogen) atoms. The van der Waals surface area contributed by atoms with E-state index in [2.05, 4.69) is 20.5 Å². The van der Waals surface area contributed by atoms with E-state index in [1.54, 1.807) is 0 Å². The quantitative estimate of drug-likeness (QED) is 0.854. The van der Waals surface area contributed by atoms with Gasteiger partial charge >= 0.3 is 0 Å². The summed E-state index contributed by atoms with van der Waals surface area (Å²) in [6.07, 6.45) is 7.11. The number of imidazole rings is 1. The van der Waals surface area contributed by atoms with E-state index in [9.17, 15) is 0 Å². The van der Waals surface area contributed by atoms with Gasteiger partial charge < -0.3 is 15.2 Å². The lowest BCUT2D eigenvalue weighted by Gasteiger charge is -2.32. The van der Waals surface area contributed by atoms with Gasteiger partial charge in [-0.15, -0.1) is 0 Å². The highest BCUT2D eigenvalue weighted by atomic mass is 15.1. The first kappa shape index (κ1) is 12.1. The standard InChI is InChI=1S/C15H20N4/c1-18-11-8-17-15(18)7-10-19-9-3-4-12-13(16)5-2-6-14(12)19/h2,5-6,8,11H,3-4,7,9-10,16H2,1H3. The van der Waals surface area contributed by atoms with E-state index in [1.807, 2.05) is 31.6 Å². The normalized spacial score (nSPS) is 14.5. The van der Waals surface area contributed by atoms with Gasteiger partial charge in [0.15, 0.2) is 0 Å². The summed E-state index contributed by atoms with van der Waals surface area (Å²) in [7, 11) is 2.05. The minimum atomic E-state index is 0.930. The number of hydrogen-bond acceptors (Lipinski definition) is 3. The van der Waals surface area contributed by atoms with Crippen molar-refractivity contribution in [2.75, 3.05) is 23.7 Å². The van der Waals surface area contributed by atoms with Crippen LogP contribution in [0.1, 0.15) is 17.8 Å². The summed E-state index contributed by atoms with van der Waals surface area (Å²) in [4.78, 5) is 6.82. The van der Waals surface area contributed by atoms with Gasteiger partial charge in [-0.25, -0.2) is 4.98 Å². The van der Waals surface area contributed by atoms with Gasteiger partial charge in [-0.1, -0.05) is 6.07 Å². The van der Waals surface area contributed by atoms with E-state index in [0.717, 1.165) is 37.4 Å². The van der Waals surface area contributed by atoms with Gasteiger partial charge in [0.1, 0.15) is 5.82 Å². The molecule has 0 aliphatic carbocycles. The third-order valence-electron chi connectivity index (χ3n) is 3.91. The molecular weight excluding hydrogens is 236 g/mol. The minimum Gasteiger partial charge on any atom is -0.398 e. The van der Waals surface area contributed by atoms with Crippen molar-refractivity contribution in [3.8, 4) is 0 Å². The molecule has 3 rings (SSSR count). The van der Waals surface area contributed by atoms with Crippen molar-refractivity contribution in [1.29, 1.82) is 0 Å². The van der Waals surface area contributed by atoms with E-state index >= 15 is 0 Å². The molecule has 1 aromatic carbocycles. The van der Waals surface area contributed by atoms with Gasteiger partial charge in [0, 0.05) is 50.3 Å². The molecule has 2 N–H and O–H groups in total. The zero-order valence-corrected chi connectivity index (χ0v) is 11.3. The van der Waals surface area contributed by atoms with Crippen molar-refractivity contribution in [1.82, 2.24) is 9.55 Å². The molecule has 100 valence electrons. The highest BCUT2D eigenvalue weighted by molar-refractivity contribution is 5.66. The van der Waals surface area contributed by atoms with Crippen molar-refractivity contribution in [3.63, 3.8) is 0 Å². The number of nitrogens with two attached hydrogens (primary N) is 1. The van der Waals surface area contributed by atoms with Crippen LogP contribution in [0.15, 0.2) is 30.6 Å².